The first-order valence-corrected chi connectivity index (χ1v) is 6.74. The predicted octanol–water partition coefficient (Wildman–Crippen LogP) is 2.18. The fraction of sp³-hybridized carbons (Fsp3) is 0.667. The first kappa shape index (κ1) is 15.9. The first-order valence-electron chi connectivity index (χ1n) is 6.74. The number of likely N-dealkylation sites (N-methyl/N-ethyl adjacent to an activating group) is 1. The van der Waals surface area contributed by atoms with Crippen molar-refractivity contribution in [2.24, 2.45) is 0 Å². The number of pyridine rings is 1. The lowest BCUT2D eigenvalue weighted by Gasteiger charge is -2.24. The largest absolute Gasteiger partial charge is 0.383 e. The van der Waals surface area contributed by atoms with Gasteiger partial charge in [-0.3, -0.25) is 0 Å². The molecule has 0 aliphatic heterocycles. The zero-order valence-electron chi connectivity index (χ0n) is 13.1. The quantitative estimate of drug-likeness (QED) is 0.855. The van der Waals surface area contributed by atoms with Crippen LogP contribution in [0.25, 0.3) is 0 Å². The maximum Gasteiger partial charge on any atom is 0.128 e. The third-order valence-electron chi connectivity index (χ3n) is 3.04. The molecule has 108 valence electrons. The van der Waals surface area contributed by atoms with Gasteiger partial charge in [0.2, 0.25) is 0 Å². The topological polar surface area (TPSA) is 37.4 Å². The molecule has 0 radical (unpaired) electrons. The molecule has 0 aliphatic carbocycles. The average molecular weight is 265 g/mol. The van der Waals surface area contributed by atoms with Gasteiger partial charge in [-0.05, 0) is 24.7 Å². The summed E-state index contributed by atoms with van der Waals surface area (Å²) >= 11 is 0. The Morgan fingerprint density at radius 3 is 2.53 bits per heavy atom. The third-order valence-corrected chi connectivity index (χ3v) is 3.04. The maximum absolute atomic E-state index is 5.13. The lowest BCUT2D eigenvalue weighted by atomic mass is 9.90. The number of ether oxygens (including phenoxy) is 1. The van der Waals surface area contributed by atoms with E-state index in [1.807, 2.05) is 7.05 Å². The van der Waals surface area contributed by atoms with Gasteiger partial charge in [0.15, 0.2) is 0 Å². The molecule has 0 aliphatic rings. The second kappa shape index (κ2) is 6.87. The van der Waals surface area contributed by atoms with Crippen molar-refractivity contribution in [3.63, 3.8) is 0 Å². The van der Waals surface area contributed by atoms with Crippen LogP contribution in [0.1, 0.15) is 32.0 Å². The Kier molecular flexibility index (Phi) is 5.76. The molecule has 0 atom stereocenters. The molecule has 4 nitrogen and oxygen atoms in total. The standard InChI is InChI=1S/C15H27N3O/c1-15(2,3)13-9-12(11-16-4)10-14(17-13)18(5)7-8-19-6/h9-10,16H,7-8,11H2,1-6H3. The summed E-state index contributed by atoms with van der Waals surface area (Å²) in [5.74, 6) is 1.01. The summed E-state index contributed by atoms with van der Waals surface area (Å²) in [5, 5.41) is 3.20. The van der Waals surface area contributed by atoms with Crippen LogP contribution in [0, 0.1) is 0 Å². The van der Waals surface area contributed by atoms with Gasteiger partial charge < -0.3 is 15.0 Å². The molecule has 4 heteroatoms. The molecular formula is C15H27N3O. The number of nitrogens with one attached hydrogen (secondary N) is 1. The molecule has 0 aromatic carbocycles. The number of anilines is 1. The highest BCUT2D eigenvalue weighted by atomic mass is 16.5. The van der Waals surface area contributed by atoms with Gasteiger partial charge in [-0.2, -0.15) is 0 Å². The maximum atomic E-state index is 5.13. The van der Waals surface area contributed by atoms with Gasteiger partial charge in [-0.1, -0.05) is 20.8 Å². The Balaban J connectivity index is 3.05. The van der Waals surface area contributed by atoms with E-state index in [1.165, 1.54) is 5.56 Å². The summed E-state index contributed by atoms with van der Waals surface area (Å²) in [6.07, 6.45) is 0. The first-order chi connectivity index (χ1) is 8.88. The summed E-state index contributed by atoms with van der Waals surface area (Å²) in [5.41, 5.74) is 2.45. The zero-order chi connectivity index (χ0) is 14.5. The Morgan fingerprint density at radius 1 is 1.32 bits per heavy atom. The Morgan fingerprint density at radius 2 is 2.00 bits per heavy atom. The Hall–Kier alpha value is -1.13. The summed E-state index contributed by atoms with van der Waals surface area (Å²) < 4.78 is 5.13. The van der Waals surface area contributed by atoms with E-state index in [0.29, 0.717) is 6.61 Å². The molecule has 1 aromatic rings. The zero-order valence-corrected chi connectivity index (χ0v) is 13.1. The van der Waals surface area contributed by atoms with Crippen molar-refractivity contribution in [2.75, 3.05) is 39.3 Å². The number of nitrogens with zero attached hydrogens (tertiary/aromatic N) is 2. The number of methoxy groups -OCH3 is 1. The normalized spacial score (nSPS) is 11.7. The van der Waals surface area contributed by atoms with Crippen molar-refractivity contribution < 1.29 is 4.74 Å². The van der Waals surface area contributed by atoms with Gasteiger partial charge in [0.05, 0.1) is 6.61 Å². The van der Waals surface area contributed by atoms with Crippen molar-refractivity contribution in [1.29, 1.82) is 0 Å². The van der Waals surface area contributed by atoms with Crippen molar-refractivity contribution in [2.45, 2.75) is 32.7 Å². The van der Waals surface area contributed by atoms with E-state index in [4.69, 9.17) is 9.72 Å². The lowest BCUT2D eigenvalue weighted by Crippen LogP contribution is -2.25. The molecule has 0 spiro atoms. The van der Waals surface area contributed by atoms with E-state index >= 15 is 0 Å². The van der Waals surface area contributed by atoms with Crippen molar-refractivity contribution in [3.8, 4) is 0 Å². The van der Waals surface area contributed by atoms with Crippen LogP contribution in [-0.4, -0.2) is 39.3 Å². The minimum atomic E-state index is 0.0561. The van der Waals surface area contributed by atoms with Crippen LogP contribution in [0.5, 0.6) is 0 Å². The second-order valence-corrected chi connectivity index (χ2v) is 5.91. The van der Waals surface area contributed by atoms with E-state index in [2.05, 4.69) is 50.2 Å². The molecule has 0 saturated heterocycles. The van der Waals surface area contributed by atoms with Crippen LogP contribution < -0.4 is 10.2 Å². The minimum Gasteiger partial charge on any atom is -0.383 e. The monoisotopic (exact) mass is 265 g/mol. The van der Waals surface area contributed by atoms with Gasteiger partial charge in [-0.15, -0.1) is 0 Å². The van der Waals surface area contributed by atoms with Crippen LogP contribution in [0.2, 0.25) is 0 Å². The van der Waals surface area contributed by atoms with Crippen LogP contribution >= 0.6 is 0 Å². The van der Waals surface area contributed by atoms with Crippen molar-refractivity contribution in [3.05, 3.63) is 23.4 Å². The Labute approximate surface area is 117 Å². The SMILES string of the molecule is CNCc1cc(N(C)CCOC)nc(C(C)(C)C)c1. The molecule has 1 aromatic heterocycles. The van der Waals surface area contributed by atoms with E-state index in [1.54, 1.807) is 7.11 Å². The van der Waals surface area contributed by atoms with E-state index < -0.39 is 0 Å². The number of aromatic nitrogens is 1. The molecule has 0 fully saturated rings. The molecule has 0 bridgehead atoms. The molecule has 19 heavy (non-hydrogen) atoms. The molecule has 0 unspecified atom stereocenters. The van der Waals surface area contributed by atoms with Crippen molar-refractivity contribution >= 4 is 5.82 Å². The van der Waals surface area contributed by atoms with E-state index in [-0.39, 0.29) is 5.41 Å². The highest BCUT2D eigenvalue weighted by Crippen LogP contribution is 2.24. The third kappa shape index (κ3) is 4.80. The minimum absolute atomic E-state index is 0.0561. The molecule has 1 heterocycles. The highest BCUT2D eigenvalue weighted by molar-refractivity contribution is 5.43. The Bertz CT molecular complexity index is 399. The summed E-state index contributed by atoms with van der Waals surface area (Å²) in [7, 11) is 5.74. The average Bonchev–Trinajstić information content (AvgIpc) is 2.35. The van der Waals surface area contributed by atoms with Crippen LogP contribution in [0.3, 0.4) is 0 Å². The molecule has 1 N–H and O–H groups in total. The smallest absolute Gasteiger partial charge is 0.128 e. The van der Waals surface area contributed by atoms with E-state index in [0.717, 1.165) is 24.6 Å². The number of rotatable bonds is 6. The van der Waals surface area contributed by atoms with E-state index in [9.17, 15) is 0 Å². The van der Waals surface area contributed by atoms with Gasteiger partial charge in [0, 0.05) is 38.4 Å². The fourth-order valence-corrected chi connectivity index (χ4v) is 1.80. The lowest BCUT2D eigenvalue weighted by molar-refractivity contribution is 0.206. The van der Waals surface area contributed by atoms with Crippen molar-refractivity contribution in [1.82, 2.24) is 10.3 Å². The summed E-state index contributed by atoms with van der Waals surface area (Å²) in [6.45, 7) is 8.98. The van der Waals surface area contributed by atoms with Gasteiger partial charge in [0.1, 0.15) is 5.82 Å². The predicted molar refractivity (Wildman–Crippen MR) is 80.8 cm³/mol. The number of hydrogen-bond donors (Lipinski definition) is 1. The van der Waals surface area contributed by atoms with Crippen LogP contribution in [-0.2, 0) is 16.7 Å². The van der Waals surface area contributed by atoms with Gasteiger partial charge >= 0.3 is 0 Å². The fourth-order valence-electron chi connectivity index (χ4n) is 1.80. The summed E-state index contributed by atoms with van der Waals surface area (Å²) in [4.78, 5) is 6.92. The molecule has 0 amide bonds. The second-order valence-electron chi connectivity index (χ2n) is 5.91. The molecule has 0 saturated carbocycles. The number of hydrogen-bond acceptors (Lipinski definition) is 4. The molecule has 1 rings (SSSR count). The van der Waals surface area contributed by atoms with Gasteiger partial charge in [0.25, 0.3) is 0 Å². The summed E-state index contributed by atoms with van der Waals surface area (Å²) in [6, 6.07) is 4.32. The van der Waals surface area contributed by atoms with Crippen LogP contribution in [0.4, 0.5) is 5.82 Å². The van der Waals surface area contributed by atoms with Crippen LogP contribution in [0.15, 0.2) is 12.1 Å². The van der Waals surface area contributed by atoms with Gasteiger partial charge in [-0.25, -0.2) is 4.98 Å². The molecular weight excluding hydrogens is 238 g/mol. The highest BCUT2D eigenvalue weighted by Gasteiger charge is 2.18.